The number of aromatic amines is 1. The van der Waals surface area contributed by atoms with Crippen molar-refractivity contribution in [1.29, 1.82) is 0 Å². The molecule has 0 radical (unpaired) electrons. The summed E-state index contributed by atoms with van der Waals surface area (Å²) in [4.78, 5) is 18.4. The molecule has 0 fully saturated rings. The largest absolute Gasteiger partial charge is 0.331 e. The van der Waals surface area contributed by atoms with Crippen LogP contribution in [0.25, 0.3) is 0 Å². The van der Waals surface area contributed by atoms with E-state index < -0.39 is 0 Å². The Morgan fingerprint density at radius 1 is 1.11 bits per heavy atom. The third-order valence-corrected chi connectivity index (χ3v) is 3.26. The van der Waals surface area contributed by atoms with Crippen LogP contribution in [0.4, 0.5) is 5.95 Å². The molecule has 108 valence electrons. The first-order valence-corrected chi connectivity index (χ1v) is 7.62. The van der Waals surface area contributed by atoms with Crippen molar-refractivity contribution in [2.45, 2.75) is 71.1 Å². The minimum atomic E-state index is 0.0536. The lowest BCUT2D eigenvalue weighted by atomic mass is 10.1. The molecule has 0 bridgehead atoms. The van der Waals surface area contributed by atoms with Crippen molar-refractivity contribution >= 4 is 11.9 Å². The number of nitrogens with zero attached hydrogens (tertiary/aromatic N) is 1. The third kappa shape index (κ3) is 8.41. The second-order valence-corrected chi connectivity index (χ2v) is 5.06. The maximum absolute atomic E-state index is 11.5. The number of imidazole rings is 1. The first-order valence-electron chi connectivity index (χ1n) is 7.62. The molecule has 1 rings (SSSR count). The van der Waals surface area contributed by atoms with Gasteiger partial charge in [0.2, 0.25) is 11.9 Å². The summed E-state index contributed by atoms with van der Waals surface area (Å²) < 4.78 is 0. The highest BCUT2D eigenvalue weighted by Crippen LogP contribution is 2.10. The SMILES string of the molecule is CCCCCCCCCCCC(=O)Nc1ncc[nH]1. The fraction of sp³-hybridized carbons (Fsp3) is 0.733. The van der Waals surface area contributed by atoms with Gasteiger partial charge >= 0.3 is 0 Å². The Labute approximate surface area is 116 Å². The molecule has 1 aromatic heterocycles. The summed E-state index contributed by atoms with van der Waals surface area (Å²) in [5.74, 6) is 0.596. The Morgan fingerprint density at radius 3 is 2.32 bits per heavy atom. The van der Waals surface area contributed by atoms with E-state index in [1.807, 2.05) is 0 Å². The van der Waals surface area contributed by atoms with Crippen LogP contribution in [0.5, 0.6) is 0 Å². The molecule has 0 aliphatic heterocycles. The maximum Gasteiger partial charge on any atom is 0.226 e. The van der Waals surface area contributed by atoms with Gasteiger partial charge in [0.25, 0.3) is 0 Å². The summed E-state index contributed by atoms with van der Waals surface area (Å²) in [5.41, 5.74) is 0. The van der Waals surface area contributed by atoms with Crippen molar-refractivity contribution < 1.29 is 4.79 Å². The minimum absolute atomic E-state index is 0.0536. The van der Waals surface area contributed by atoms with Crippen molar-refractivity contribution in [3.8, 4) is 0 Å². The van der Waals surface area contributed by atoms with Gasteiger partial charge < -0.3 is 4.98 Å². The molecule has 1 amide bonds. The normalized spacial score (nSPS) is 10.6. The Hall–Kier alpha value is -1.32. The molecule has 19 heavy (non-hydrogen) atoms. The van der Waals surface area contributed by atoms with Crippen LogP contribution >= 0.6 is 0 Å². The van der Waals surface area contributed by atoms with Crippen LogP contribution < -0.4 is 5.32 Å². The predicted molar refractivity (Wildman–Crippen MR) is 79.1 cm³/mol. The summed E-state index contributed by atoms with van der Waals surface area (Å²) in [7, 11) is 0. The van der Waals surface area contributed by atoms with Crippen LogP contribution in [-0.2, 0) is 4.79 Å². The number of amides is 1. The Morgan fingerprint density at radius 2 is 1.74 bits per heavy atom. The molecule has 1 heterocycles. The second-order valence-electron chi connectivity index (χ2n) is 5.06. The van der Waals surface area contributed by atoms with Gasteiger partial charge in [-0.25, -0.2) is 4.98 Å². The Kier molecular flexibility index (Phi) is 8.77. The molecule has 0 atom stereocenters. The molecule has 4 heteroatoms. The molecular weight excluding hydrogens is 238 g/mol. The molecule has 0 saturated heterocycles. The molecule has 1 aromatic rings. The number of hydrogen-bond acceptors (Lipinski definition) is 2. The van der Waals surface area contributed by atoms with Gasteiger partial charge in [0.1, 0.15) is 0 Å². The van der Waals surface area contributed by atoms with Gasteiger partial charge in [0, 0.05) is 18.8 Å². The van der Waals surface area contributed by atoms with Crippen molar-refractivity contribution in [3.05, 3.63) is 12.4 Å². The Balaban J connectivity index is 1.86. The fourth-order valence-corrected chi connectivity index (χ4v) is 2.12. The number of aromatic nitrogens is 2. The van der Waals surface area contributed by atoms with Crippen molar-refractivity contribution in [1.82, 2.24) is 9.97 Å². The highest BCUT2D eigenvalue weighted by molar-refractivity contribution is 5.88. The minimum Gasteiger partial charge on any atom is -0.331 e. The standard InChI is InChI=1S/C15H27N3O/c1-2-3-4-5-6-7-8-9-10-11-14(19)18-15-16-12-13-17-15/h12-13H,2-11H2,1H3,(H2,16,17,18,19). The summed E-state index contributed by atoms with van der Waals surface area (Å²) in [6.45, 7) is 2.24. The summed E-state index contributed by atoms with van der Waals surface area (Å²) in [6.07, 6.45) is 15.4. The van der Waals surface area contributed by atoms with Gasteiger partial charge in [0.05, 0.1) is 0 Å². The summed E-state index contributed by atoms with van der Waals surface area (Å²) in [6, 6.07) is 0. The second kappa shape index (κ2) is 10.6. The molecule has 0 aliphatic carbocycles. The zero-order valence-corrected chi connectivity index (χ0v) is 12.1. The lowest BCUT2D eigenvalue weighted by molar-refractivity contribution is -0.116. The van der Waals surface area contributed by atoms with Crippen molar-refractivity contribution in [2.24, 2.45) is 0 Å². The van der Waals surface area contributed by atoms with Crippen LogP contribution in [0.15, 0.2) is 12.4 Å². The third-order valence-electron chi connectivity index (χ3n) is 3.26. The number of carbonyl (C=O) groups excluding carboxylic acids is 1. The van der Waals surface area contributed by atoms with Crippen LogP contribution in [0.3, 0.4) is 0 Å². The van der Waals surface area contributed by atoms with E-state index in [0.717, 1.165) is 12.8 Å². The van der Waals surface area contributed by atoms with E-state index in [1.54, 1.807) is 12.4 Å². The van der Waals surface area contributed by atoms with Gasteiger partial charge in [-0.1, -0.05) is 58.3 Å². The smallest absolute Gasteiger partial charge is 0.226 e. The Bertz CT molecular complexity index is 322. The summed E-state index contributed by atoms with van der Waals surface area (Å²) in [5, 5.41) is 2.74. The molecule has 0 aliphatic rings. The number of hydrogen-bond donors (Lipinski definition) is 2. The van der Waals surface area contributed by atoms with Gasteiger partial charge in [-0.15, -0.1) is 0 Å². The number of rotatable bonds is 11. The van der Waals surface area contributed by atoms with E-state index >= 15 is 0 Å². The van der Waals surface area contributed by atoms with Crippen LogP contribution in [-0.4, -0.2) is 15.9 Å². The highest BCUT2D eigenvalue weighted by Gasteiger charge is 2.02. The zero-order chi connectivity index (χ0) is 13.8. The molecule has 0 aromatic carbocycles. The molecule has 0 unspecified atom stereocenters. The van der Waals surface area contributed by atoms with Crippen LogP contribution in [0.1, 0.15) is 71.1 Å². The first kappa shape index (κ1) is 15.7. The molecule has 0 spiro atoms. The lowest BCUT2D eigenvalue weighted by Crippen LogP contribution is -2.12. The zero-order valence-electron chi connectivity index (χ0n) is 12.1. The van der Waals surface area contributed by atoms with Gasteiger partial charge in [-0.05, 0) is 6.42 Å². The van der Waals surface area contributed by atoms with E-state index in [1.165, 1.54) is 44.9 Å². The maximum atomic E-state index is 11.5. The average Bonchev–Trinajstić information content (AvgIpc) is 2.89. The molecule has 0 saturated carbocycles. The summed E-state index contributed by atoms with van der Waals surface area (Å²) >= 11 is 0. The van der Waals surface area contributed by atoms with Crippen LogP contribution in [0, 0.1) is 0 Å². The topological polar surface area (TPSA) is 57.8 Å². The fourth-order valence-electron chi connectivity index (χ4n) is 2.12. The predicted octanol–water partition coefficient (Wildman–Crippen LogP) is 4.27. The lowest BCUT2D eigenvalue weighted by Gasteiger charge is -2.03. The number of anilines is 1. The molecule has 2 N–H and O–H groups in total. The molecular formula is C15H27N3O. The van der Waals surface area contributed by atoms with E-state index in [2.05, 4.69) is 22.2 Å². The van der Waals surface area contributed by atoms with Crippen molar-refractivity contribution in [3.63, 3.8) is 0 Å². The number of unbranched alkanes of at least 4 members (excludes halogenated alkanes) is 8. The highest BCUT2D eigenvalue weighted by atomic mass is 16.1. The van der Waals surface area contributed by atoms with E-state index in [0.29, 0.717) is 12.4 Å². The first-order chi connectivity index (χ1) is 9.33. The van der Waals surface area contributed by atoms with E-state index in [-0.39, 0.29) is 5.91 Å². The van der Waals surface area contributed by atoms with Gasteiger partial charge in [0.15, 0.2) is 0 Å². The van der Waals surface area contributed by atoms with E-state index in [4.69, 9.17) is 0 Å². The number of nitrogens with one attached hydrogen (secondary N) is 2. The van der Waals surface area contributed by atoms with Crippen LogP contribution in [0.2, 0.25) is 0 Å². The average molecular weight is 265 g/mol. The molecule has 4 nitrogen and oxygen atoms in total. The monoisotopic (exact) mass is 265 g/mol. The number of carbonyl (C=O) groups is 1. The number of H-pyrrole nitrogens is 1. The van der Waals surface area contributed by atoms with E-state index in [9.17, 15) is 4.79 Å². The van der Waals surface area contributed by atoms with Gasteiger partial charge in [-0.3, -0.25) is 10.1 Å². The quantitative estimate of drug-likeness (QED) is 0.587. The van der Waals surface area contributed by atoms with Gasteiger partial charge in [-0.2, -0.15) is 0 Å². The van der Waals surface area contributed by atoms with Crippen molar-refractivity contribution in [2.75, 3.05) is 5.32 Å².